The molecule has 0 saturated carbocycles. The van der Waals surface area contributed by atoms with Crippen LogP contribution in [0.3, 0.4) is 0 Å². The molecule has 2 heterocycles. The number of piperidine rings is 1. The van der Waals surface area contributed by atoms with Crippen molar-refractivity contribution in [1.82, 2.24) is 10.3 Å². The van der Waals surface area contributed by atoms with Gasteiger partial charge in [-0.1, -0.05) is 27.7 Å². The topological polar surface area (TPSA) is 28.2 Å². The first kappa shape index (κ1) is 16.3. The lowest BCUT2D eigenvalue weighted by molar-refractivity contribution is 0.375. The lowest BCUT2D eigenvalue weighted by Crippen LogP contribution is -2.41. The number of nitrogens with one attached hydrogen (secondary N) is 1. The minimum absolute atomic E-state index is 0.0881. The summed E-state index contributed by atoms with van der Waals surface area (Å²) < 4.78 is 0. The summed E-state index contributed by atoms with van der Waals surface area (Å²) in [5, 5.41) is 3.26. The fourth-order valence-corrected chi connectivity index (χ4v) is 3.16. The first-order valence-corrected chi connectivity index (χ1v) is 8.24. The Kier molecular flexibility index (Phi) is 4.92. The normalized spacial score (nSPS) is 23.4. The number of rotatable bonds is 3. The monoisotopic (exact) mass is 289 g/mol. The molecule has 1 aliphatic rings. The third-order valence-electron chi connectivity index (χ3n) is 4.45. The molecule has 2 unspecified atom stereocenters. The van der Waals surface area contributed by atoms with Crippen LogP contribution in [0.4, 0.5) is 5.82 Å². The van der Waals surface area contributed by atoms with E-state index in [9.17, 15) is 0 Å². The summed E-state index contributed by atoms with van der Waals surface area (Å²) in [6.07, 6.45) is 2.54. The lowest BCUT2D eigenvalue weighted by Gasteiger charge is -2.38. The van der Waals surface area contributed by atoms with Crippen LogP contribution in [0.2, 0.25) is 0 Å². The molecule has 0 spiro atoms. The van der Waals surface area contributed by atoms with E-state index in [-0.39, 0.29) is 5.41 Å². The van der Waals surface area contributed by atoms with Crippen LogP contribution < -0.4 is 10.2 Å². The molecule has 3 heteroatoms. The second-order valence-electron chi connectivity index (χ2n) is 7.67. The molecule has 118 valence electrons. The molecule has 0 amide bonds. The van der Waals surface area contributed by atoms with Crippen LogP contribution in [0.5, 0.6) is 0 Å². The van der Waals surface area contributed by atoms with Crippen LogP contribution in [-0.4, -0.2) is 24.6 Å². The average molecular weight is 289 g/mol. The number of aromatic nitrogens is 1. The quantitative estimate of drug-likeness (QED) is 0.919. The smallest absolute Gasteiger partial charge is 0.129 e. The predicted molar refractivity (Wildman–Crippen MR) is 90.9 cm³/mol. The van der Waals surface area contributed by atoms with Crippen LogP contribution in [0, 0.1) is 5.92 Å². The van der Waals surface area contributed by atoms with Crippen molar-refractivity contribution in [1.29, 1.82) is 0 Å². The Labute approximate surface area is 130 Å². The van der Waals surface area contributed by atoms with E-state index < -0.39 is 0 Å². The summed E-state index contributed by atoms with van der Waals surface area (Å²) in [5.41, 5.74) is 2.61. The lowest BCUT2D eigenvalue weighted by atomic mass is 9.90. The van der Waals surface area contributed by atoms with Gasteiger partial charge in [-0.05, 0) is 50.4 Å². The molecular weight excluding hydrogens is 258 g/mol. The van der Waals surface area contributed by atoms with E-state index in [1.165, 1.54) is 24.1 Å². The van der Waals surface area contributed by atoms with Gasteiger partial charge in [-0.25, -0.2) is 4.98 Å². The molecular formula is C18H31N3. The van der Waals surface area contributed by atoms with Crippen molar-refractivity contribution in [2.45, 2.75) is 65.5 Å². The fraction of sp³-hybridized carbons (Fsp3) is 0.722. The Morgan fingerprint density at radius 1 is 1.29 bits per heavy atom. The highest BCUT2D eigenvalue weighted by Crippen LogP contribution is 2.30. The van der Waals surface area contributed by atoms with Crippen molar-refractivity contribution in [2.24, 2.45) is 5.92 Å². The van der Waals surface area contributed by atoms with Gasteiger partial charge in [0.05, 0.1) is 0 Å². The van der Waals surface area contributed by atoms with Gasteiger partial charge in [-0.3, -0.25) is 0 Å². The molecule has 0 radical (unpaired) electrons. The van der Waals surface area contributed by atoms with Gasteiger partial charge in [0.15, 0.2) is 0 Å². The highest BCUT2D eigenvalue weighted by Gasteiger charge is 2.25. The molecule has 1 fully saturated rings. The molecule has 1 saturated heterocycles. The summed E-state index contributed by atoms with van der Waals surface area (Å²) in [4.78, 5) is 7.48. The van der Waals surface area contributed by atoms with E-state index in [2.05, 4.69) is 57.0 Å². The van der Waals surface area contributed by atoms with Crippen molar-refractivity contribution in [3.8, 4) is 0 Å². The van der Waals surface area contributed by atoms with Gasteiger partial charge in [-0.15, -0.1) is 0 Å². The zero-order chi connectivity index (χ0) is 15.6. The Morgan fingerprint density at radius 3 is 2.57 bits per heavy atom. The number of pyridine rings is 1. The molecule has 0 aliphatic carbocycles. The second kappa shape index (κ2) is 6.35. The number of nitrogens with zero attached hydrogens (tertiary/aromatic N) is 2. The second-order valence-corrected chi connectivity index (χ2v) is 7.67. The highest BCUT2D eigenvalue weighted by atomic mass is 15.2. The predicted octanol–water partition coefficient (Wildman–Crippen LogP) is 3.72. The number of hydrogen-bond donors (Lipinski definition) is 1. The Morgan fingerprint density at radius 2 is 2.00 bits per heavy atom. The molecule has 3 nitrogen and oxygen atoms in total. The van der Waals surface area contributed by atoms with E-state index in [0.29, 0.717) is 6.04 Å². The van der Waals surface area contributed by atoms with E-state index in [0.717, 1.165) is 24.8 Å². The molecule has 2 rings (SSSR count). The zero-order valence-electron chi connectivity index (χ0n) is 14.5. The standard InChI is InChI=1S/C18H31N3/c1-13-7-8-21(14(2)9-13)17-11-15(12-19-6)10-16(20-17)18(3,4)5/h10-11,13-14,19H,7-9,12H2,1-6H3. The average Bonchev–Trinajstić information content (AvgIpc) is 2.37. The van der Waals surface area contributed by atoms with Crippen LogP contribution >= 0.6 is 0 Å². The molecule has 1 N–H and O–H groups in total. The van der Waals surface area contributed by atoms with Crippen LogP contribution in [0.1, 0.15) is 58.7 Å². The van der Waals surface area contributed by atoms with E-state index in [4.69, 9.17) is 4.98 Å². The van der Waals surface area contributed by atoms with Gasteiger partial charge in [0, 0.05) is 30.2 Å². The molecule has 1 aromatic heterocycles. The third-order valence-corrected chi connectivity index (χ3v) is 4.45. The van der Waals surface area contributed by atoms with Crippen LogP contribution in [0.25, 0.3) is 0 Å². The summed E-state index contributed by atoms with van der Waals surface area (Å²) in [6.45, 7) is 13.4. The Bertz CT molecular complexity index is 476. The molecule has 2 atom stereocenters. The van der Waals surface area contributed by atoms with Gasteiger partial charge < -0.3 is 10.2 Å². The first-order chi connectivity index (χ1) is 9.81. The molecule has 1 aromatic rings. The van der Waals surface area contributed by atoms with Gasteiger partial charge in [0.2, 0.25) is 0 Å². The number of anilines is 1. The van der Waals surface area contributed by atoms with Crippen molar-refractivity contribution < 1.29 is 0 Å². The maximum Gasteiger partial charge on any atom is 0.129 e. The van der Waals surface area contributed by atoms with Gasteiger partial charge in [0.25, 0.3) is 0 Å². The van der Waals surface area contributed by atoms with E-state index >= 15 is 0 Å². The van der Waals surface area contributed by atoms with Crippen LogP contribution in [0.15, 0.2) is 12.1 Å². The fourth-order valence-electron chi connectivity index (χ4n) is 3.16. The SMILES string of the molecule is CNCc1cc(N2CCC(C)CC2C)nc(C(C)(C)C)c1. The first-order valence-electron chi connectivity index (χ1n) is 8.24. The Hall–Kier alpha value is -1.09. The van der Waals surface area contributed by atoms with Gasteiger partial charge in [0.1, 0.15) is 5.82 Å². The van der Waals surface area contributed by atoms with Crippen molar-refractivity contribution in [3.63, 3.8) is 0 Å². The zero-order valence-corrected chi connectivity index (χ0v) is 14.5. The summed E-state index contributed by atoms with van der Waals surface area (Å²) in [6, 6.07) is 5.09. The minimum atomic E-state index is 0.0881. The number of hydrogen-bond acceptors (Lipinski definition) is 3. The maximum atomic E-state index is 4.98. The largest absolute Gasteiger partial charge is 0.354 e. The molecule has 21 heavy (non-hydrogen) atoms. The summed E-state index contributed by atoms with van der Waals surface area (Å²) in [7, 11) is 2.00. The van der Waals surface area contributed by atoms with Gasteiger partial charge in [-0.2, -0.15) is 0 Å². The molecule has 0 bridgehead atoms. The Balaban J connectivity index is 2.35. The van der Waals surface area contributed by atoms with Crippen molar-refractivity contribution in [2.75, 3.05) is 18.5 Å². The van der Waals surface area contributed by atoms with E-state index in [1.54, 1.807) is 0 Å². The molecule has 0 aromatic carbocycles. The van der Waals surface area contributed by atoms with Gasteiger partial charge >= 0.3 is 0 Å². The minimum Gasteiger partial charge on any atom is -0.354 e. The highest BCUT2D eigenvalue weighted by molar-refractivity contribution is 5.45. The summed E-state index contributed by atoms with van der Waals surface area (Å²) in [5.74, 6) is 1.99. The van der Waals surface area contributed by atoms with Crippen molar-refractivity contribution >= 4 is 5.82 Å². The third kappa shape index (κ3) is 3.97. The summed E-state index contributed by atoms with van der Waals surface area (Å²) >= 11 is 0. The molecule has 1 aliphatic heterocycles. The van der Waals surface area contributed by atoms with Crippen molar-refractivity contribution in [3.05, 3.63) is 23.4 Å². The van der Waals surface area contributed by atoms with E-state index in [1.807, 2.05) is 7.05 Å². The van der Waals surface area contributed by atoms with Crippen LogP contribution in [-0.2, 0) is 12.0 Å². The maximum absolute atomic E-state index is 4.98.